The Morgan fingerprint density at radius 2 is 1.93 bits per heavy atom. The molecule has 0 aromatic rings. The first-order valence-corrected chi connectivity index (χ1v) is 6.65. The molecule has 0 spiro atoms. The highest BCUT2D eigenvalue weighted by Crippen LogP contribution is 2.45. The lowest BCUT2D eigenvalue weighted by Crippen LogP contribution is -2.45. The van der Waals surface area contributed by atoms with Crippen LogP contribution >= 0.6 is 0 Å². The van der Waals surface area contributed by atoms with Crippen molar-refractivity contribution in [1.29, 1.82) is 0 Å². The predicted octanol–water partition coefficient (Wildman–Crippen LogP) is 2.33. The minimum atomic E-state index is 0.490. The van der Waals surface area contributed by atoms with Gasteiger partial charge in [-0.05, 0) is 50.4 Å². The summed E-state index contributed by atoms with van der Waals surface area (Å²) in [5.41, 5.74) is 0. The molecule has 1 N–H and O–H groups in total. The number of fused-ring (bicyclic) bond motifs is 2. The molecule has 5 atom stereocenters. The Morgan fingerprint density at radius 3 is 2.60 bits per heavy atom. The summed E-state index contributed by atoms with van der Waals surface area (Å²) < 4.78 is 5.55. The monoisotopic (exact) mass is 209 g/mol. The van der Waals surface area contributed by atoms with Gasteiger partial charge in [0.05, 0.1) is 6.10 Å². The molecule has 0 saturated heterocycles. The van der Waals surface area contributed by atoms with E-state index in [0.717, 1.165) is 17.9 Å². The number of hydrogen-bond donors (Lipinski definition) is 1. The Hall–Kier alpha value is -0.0800. The minimum absolute atomic E-state index is 0.490. The minimum Gasteiger partial charge on any atom is -0.380 e. The highest BCUT2D eigenvalue weighted by Gasteiger charge is 2.41. The maximum atomic E-state index is 5.55. The molecule has 0 radical (unpaired) electrons. The van der Waals surface area contributed by atoms with Gasteiger partial charge in [0, 0.05) is 19.2 Å². The van der Waals surface area contributed by atoms with Gasteiger partial charge >= 0.3 is 0 Å². The van der Waals surface area contributed by atoms with Crippen LogP contribution in [0.1, 0.15) is 44.9 Å². The van der Waals surface area contributed by atoms with E-state index < -0.39 is 0 Å². The molecule has 0 heterocycles. The zero-order chi connectivity index (χ0) is 10.3. The molecule has 0 amide bonds. The van der Waals surface area contributed by atoms with Crippen LogP contribution < -0.4 is 5.32 Å². The smallest absolute Gasteiger partial charge is 0.0724 e. The zero-order valence-electron chi connectivity index (χ0n) is 9.74. The van der Waals surface area contributed by atoms with E-state index in [0.29, 0.717) is 12.1 Å². The second-order valence-corrected chi connectivity index (χ2v) is 5.76. The van der Waals surface area contributed by atoms with Gasteiger partial charge < -0.3 is 10.1 Å². The first-order valence-electron chi connectivity index (χ1n) is 6.65. The molecule has 0 aromatic carbocycles. The van der Waals surface area contributed by atoms with Crippen molar-refractivity contribution in [2.45, 2.75) is 63.1 Å². The highest BCUT2D eigenvalue weighted by atomic mass is 16.5. The molecule has 15 heavy (non-hydrogen) atoms. The molecule has 2 nitrogen and oxygen atoms in total. The molecule has 0 aliphatic heterocycles. The molecule has 5 unspecified atom stereocenters. The second-order valence-electron chi connectivity index (χ2n) is 5.76. The lowest BCUT2D eigenvalue weighted by Gasteiger charge is -2.29. The molecule has 86 valence electrons. The average Bonchev–Trinajstić information content (AvgIpc) is 2.92. The lowest BCUT2D eigenvalue weighted by atomic mass is 9.94. The van der Waals surface area contributed by atoms with Crippen LogP contribution in [0, 0.1) is 11.8 Å². The van der Waals surface area contributed by atoms with Crippen LogP contribution in [-0.4, -0.2) is 25.3 Å². The van der Waals surface area contributed by atoms with Crippen LogP contribution in [0.4, 0.5) is 0 Å². The number of methoxy groups -OCH3 is 1. The van der Waals surface area contributed by atoms with Gasteiger partial charge in [-0.25, -0.2) is 0 Å². The van der Waals surface area contributed by atoms with E-state index in [-0.39, 0.29) is 0 Å². The zero-order valence-corrected chi connectivity index (χ0v) is 9.74. The Labute approximate surface area is 92.8 Å². The average molecular weight is 209 g/mol. The van der Waals surface area contributed by atoms with Gasteiger partial charge in [0.2, 0.25) is 0 Å². The summed E-state index contributed by atoms with van der Waals surface area (Å²) in [5, 5.41) is 3.89. The fraction of sp³-hybridized carbons (Fsp3) is 1.00. The van der Waals surface area contributed by atoms with Crippen LogP contribution in [0.15, 0.2) is 0 Å². The van der Waals surface area contributed by atoms with E-state index in [1.54, 1.807) is 0 Å². The van der Waals surface area contributed by atoms with Gasteiger partial charge in [-0.1, -0.05) is 6.42 Å². The van der Waals surface area contributed by atoms with E-state index in [2.05, 4.69) is 5.32 Å². The van der Waals surface area contributed by atoms with Crippen molar-refractivity contribution in [3.8, 4) is 0 Å². The van der Waals surface area contributed by atoms with Gasteiger partial charge in [-0.15, -0.1) is 0 Å². The third-order valence-corrected chi connectivity index (χ3v) is 4.92. The van der Waals surface area contributed by atoms with Crippen LogP contribution in [0.3, 0.4) is 0 Å². The third-order valence-electron chi connectivity index (χ3n) is 4.92. The molecule has 2 heteroatoms. The van der Waals surface area contributed by atoms with Crippen molar-refractivity contribution < 1.29 is 4.74 Å². The third kappa shape index (κ3) is 1.83. The number of ether oxygens (including phenoxy) is 1. The topological polar surface area (TPSA) is 21.3 Å². The quantitative estimate of drug-likeness (QED) is 0.770. The second kappa shape index (κ2) is 4.06. The summed E-state index contributed by atoms with van der Waals surface area (Å²) in [6.07, 6.45) is 10.3. The van der Waals surface area contributed by atoms with Crippen molar-refractivity contribution in [3.05, 3.63) is 0 Å². The van der Waals surface area contributed by atoms with Crippen molar-refractivity contribution in [3.63, 3.8) is 0 Å². The predicted molar refractivity (Wildman–Crippen MR) is 60.8 cm³/mol. The van der Waals surface area contributed by atoms with Crippen LogP contribution in [-0.2, 0) is 4.74 Å². The van der Waals surface area contributed by atoms with Gasteiger partial charge in [0.25, 0.3) is 0 Å². The van der Waals surface area contributed by atoms with E-state index in [4.69, 9.17) is 4.74 Å². The summed E-state index contributed by atoms with van der Waals surface area (Å²) in [7, 11) is 1.87. The number of nitrogens with one attached hydrogen (secondary N) is 1. The Bertz CT molecular complexity index is 227. The number of hydrogen-bond acceptors (Lipinski definition) is 2. The van der Waals surface area contributed by atoms with Gasteiger partial charge in [0.15, 0.2) is 0 Å². The first kappa shape index (κ1) is 10.1. The molecule has 3 fully saturated rings. The van der Waals surface area contributed by atoms with E-state index in [1.807, 2.05) is 7.11 Å². The fourth-order valence-corrected chi connectivity index (χ4v) is 4.12. The summed E-state index contributed by atoms with van der Waals surface area (Å²) in [6.45, 7) is 0. The lowest BCUT2D eigenvalue weighted by molar-refractivity contribution is 0.0780. The summed E-state index contributed by atoms with van der Waals surface area (Å²) in [4.78, 5) is 0. The summed E-state index contributed by atoms with van der Waals surface area (Å²) in [5.74, 6) is 2.04. The standard InChI is InChI=1S/C13H23NO/c1-15-13-4-2-3-11(13)14-12-8-9-5-6-10(12)7-9/h9-14H,2-8H2,1H3. The first-order chi connectivity index (χ1) is 7.36. The maximum Gasteiger partial charge on any atom is 0.0724 e. The van der Waals surface area contributed by atoms with Crippen molar-refractivity contribution >= 4 is 0 Å². The highest BCUT2D eigenvalue weighted by molar-refractivity contribution is 4.97. The van der Waals surface area contributed by atoms with E-state index in [1.165, 1.54) is 44.9 Å². The largest absolute Gasteiger partial charge is 0.380 e. The molecule has 3 aliphatic carbocycles. The normalized spacial score (nSPS) is 49.0. The Balaban J connectivity index is 1.56. The molecule has 0 aromatic heterocycles. The van der Waals surface area contributed by atoms with Crippen LogP contribution in [0.25, 0.3) is 0 Å². The Morgan fingerprint density at radius 1 is 1.00 bits per heavy atom. The molecular formula is C13H23NO. The van der Waals surface area contributed by atoms with Crippen molar-refractivity contribution in [2.75, 3.05) is 7.11 Å². The number of rotatable bonds is 3. The van der Waals surface area contributed by atoms with E-state index >= 15 is 0 Å². The van der Waals surface area contributed by atoms with Gasteiger partial charge in [-0.3, -0.25) is 0 Å². The Kier molecular flexibility index (Phi) is 2.73. The van der Waals surface area contributed by atoms with Gasteiger partial charge in [0.1, 0.15) is 0 Å². The molecule has 3 aliphatic rings. The van der Waals surface area contributed by atoms with Crippen molar-refractivity contribution in [1.82, 2.24) is 5.32 Å². The molecular weight excluding hydrogens is 186 g/mol. The SMILES string of the molecule is COC1CCCC1NC1CC2CCC1C2. The van der Waals surface area contributed by atoms with Crippen molar-refractivity contribution in [2.24, 2.45) is 11.8 Å². The molecule has 3 saturated carbocycles. The van der Waals surface area contributed by atoms with Crippen LogP contribution in [0.2, 0.25) is 0 Å². The fourth-order valence-electron chi connectivity index (χ4n) is 4.12. The summed E-state index contributed by atoms with van der Waals surface area (Å²) in [6, 6.07) is 1.48. The molecule has 2 bridgehead atoms. The maximum absolute atomic E-state index is 5.55. The van der Waals surface area contributed by atoms with Gasteiger partial charge in [-0.2, -0.15) is 0 Å². The molecule has 3 rings (SSSR count). The summed E-state index contributed by atoms with van der Waals surface area (Å²) >= 11 is 0. The van der Waals surface area contributed by atoms with E-state index in [9.17, 15) is 0 Å². The van der Waals surface area contributed by atoms with Crippen LogP contribution in [0.5, 0.6) is 0 Å².